The Morgan fingerprint density at radius 2 is 1.85 bits per heavy atom. The highest BCUT2D eigenvalue weighted by Crippen LogP contribution is 2.38. The van der Waals surface area contributed by atoms with Gasteiger partial charge in [-0.1, -0.05) is 6.07 Å². The van der Waals surface area contributed by atoms with Crippen molar-refractivity contribution in [3.8, 4) is 11.5 Å². The Morgan fingerprint density at radius 1 is 1.15 bits per heavy atom. The van der Waals surface area contributed by atoms with E-state index >= 15 is 0 Å². The third-order valence-electron chi connectivity index (χ3n) is 4.60. The maximum Gasteiger partial charge on any atom is 0.269 e. The van der Waals surface area contributed by atoms with Crippen LogP contribution >= 0.6 is 0 Å². The number of non-ortho nitro benzene ring substituents is 1. The Labute approximate surface area is 155 Å². The summed E-state index contributed by atoms with van der Waals surface area (Å²) in [6.45, 7) is 2.47. The molecule has 2 aliphatic rings. The fraction of sp³-hybridized carbons (Fsp3) is 0.263. The number of rotatable bonds is 3. The van der Waals surface area contributed by atoms with Gasteiger partial charge in [0.1, 0.15) is 13.2 Å². The van der Waals surface area contributed by atoms with Crippen molar-refractivity contribution in [3.05, 3.63) is 63.7 Å². The maximum absolute atomic E-state index is 12.1. The number of fused-ring (bicyclic) bond motifs is 1. The molecule has 2 aromatic rings. The van der Waals surface area contributed by atoms with E-state index in [-0.39, 0.29) is 17.6 Å². The molecule has 2 aromatic carbocycles. The van der Waals surface area contributed by atoms with Crippen molar-refractivity contribution in [2.24, 2.45) is 5.10 Å². The second-order valence-electron chi connectivity index (χ2n) is 6.34. The van der Waals surface area contributed by atoms with E-state index in [4.69, 9.17) is 9.47 Å². The molecule has 2 aliphatic heterocycles. The van der Waals surface area contributed by atoms with Crippen molar-refractivity contribution in [1.29, 1.82) is 0 Å². The lowest BCUT2D eigenvalue weighted by molar-refractivity contribution is -0.384. The van der Waals surface area contributed by atoms with Gasteiger partial charge in [0.2, 0.25) is 5.91 Å². The van der Waals surface area contributed by atoms with E-state index in [1.54, 1.807) is 12.1 Å². The van der Waals surface area contributed by atoms with Crippen LogP contribution in [0.1, 0.15) is 30.5 Å². The fourth-order valence-electron chi connectivity index (χ4n) is 3.28. The molecule has 0 aliphatic carbocycles. The lowest BCUT2D eigenvalue weighted by Gasteiger charge is -2.23. The SMILES string of the molecule is CC(=O)N1N=C(c2ccc([N+](=O)[O-])cc2)CC1c1ccc2c(c1)OCCO2. The molecule has 8 heteroatoms. The van der Waals surface area contributed by atoms with Gasteiger partial charge in [0.05, 0.1) is 16.7 Å². The molecule has 27 heavy (non-hydrogen) atoms. The van der Waals surface area contributed by atoms with Crippen molar-refractivity contribution >= 4 is 17.3 Å². The molecule has 1 amide bonds. The number of ether oxygens (including phenoxy) is 2. The molecule has 0 saturated heterocycles. The molecule has 0 aromatic heterocycles. The number of hydrogen-bond acceptors (Lipinski definition) is 6. The zero-order valence-electron chi connectivity index (χ0n) is 14.6. The van der Waals surface area contributed by atoms with Crippen molar-refractivity contribution in [1.82, 2.24) is 5.01 Å². The van der Waals surface area contributed by atoms with Crippen molar-refractivity contribution < 1.29 is 19.2 Å². The third-order valence-corrected chi connectivity index (χ3v) is 4.60. The van der Waals surface area contributed by atoms with Gasteiger partial charge in [0.15, 0.2) is 11.5 Å². The monoisotopic (exact) mass is 367 g/mol. The summed E-state index contributed by atoms with van der Waals surface area (Å²) < 4.78 is 11.2. The number of carbonyl (C=O) groups is 1. The van der Waals surface area contributed by atoms with Crippen LogP contribution in [0.15, 0.2) is 47.6 Å². The van der Waals surface area contributed by atoms with Gasteiger partial charge in [-0.25, -0.2) is 5.01 Å². The summed E-state index contributed by atoms with van der Waals surface area (Å²) in [5.74, 6) is 1.17. The molecule has 4 rings (SSSR count). The summed E-state index contributed by atoms with van der Waals surface area (Å²) in [6, 6.07) is 11.5. The number of hydrogen-bond donors (Lipinski definition) is 0. The smallest absolute Gasteiger partial charge is 0.269 e. The van der Waals surface area contributed by atoms with E-state index in [9.17, 15) is 14.9 Å². The standard InChI is InChI=1S/C19H17N3O5/c1-12(23)21-17(14-4-7-18-19(10-14)27-9-8-26-18)11-16(20-21)13-2-5-15(6-3-13)22(24)25/h2-7,10,17H,8-9,11H2,1H3. The average Bonchev–Trinajstić information content (AvgIpc) is 3.13. The quantitative estimate of drug-likeness (QED) is 0.614. The Balaban J connectivity index is 1.63. The average molecular weight is 367 g/mol. The molecule has 0 radical (unpaired) electrons. The second kappa shape index (κ2) is 6.71. The van der Waals surface area contributed by atoms with E-state index in [1.807, 2.05) is 18.2 Å². The van der Waals surface area contributed by atoms with E-state index < -0.39 is 4.92 Å². The van der Waals surface area contributed by atoms with Gasteiger partial charge >= 0.3 is 0 Å². The molecule has 0 spiro atoms. The first-order valence-electron chi connectivity index (χ1n) is 8.54. The molecule has 0 fully saturated rings. The topological polar surface area (TPSA) is 94.3 Å². The van der Waals surface area contributed by atoms with Crippen LogP contribution in [0, 0.1) is 10.1 Å². The third kappa shape index (κ3) is 3.21. The summed E-state index contributed by atoms with van der Waals surface area (Å²) in [6.07, 6.45) is 0.511. The van der Waals surface area contributed by atoms with Gasteiger partial charge in [-0.05, 0) is 35.4 Å². The first-order chi connectivity index (χ1) is 13.0. The van der Waals surface area contributed by atoms with Crippen LogP contribution in [0.3, 0.4) is 0 Å². The number of nitro groups is 1. The van der Waals surface area contributed by atoms with Crippen LogP contribution in [-0.2, 0) is 4.79 Å². The number of hydrazone groups is 1. The molecule has 2 heterocycles. The number of nitrogens with zero attached hydrogens (tertiary/aromatic N) is 3. The maximum atomic E-state index is 12.1. The van der Waals surface area contributed by atoms with Crippen molar-refractivity contribution in [2.45, 2.75) is 19.4 Å². The van der Waals surface area contributed by atoms with Crippen LogP contribution in [0.2, 0.25) is 0 Å². The highest BCUT2D eigenvalue weighted by molar-refractivity contribution is 6.03. The van der Waals surface area contributed by atoms with E-state index in [0.29, 0.717) is 36.8 Å². The first-order valence-corrected chi connectivity index (χ1v) is 8.54. The van der Waals surface area contributed by atoms with Crippen LogP contribution in [0.4, 0.5) is 5.69 Å². The normalized spacial score (nSPS) is 18.2. The van der Waals surface area contributed by atoms with Crippen LogP contribution in [-0.4, -0.2) is 34.8 Å². The molecular weight excluding hydrogens is 350 g/mol. The highest BCUT2D eigenvalue weighted by atomic mass is 16.6. The molecule has 8 nitrogen and oxygen atoms in total. The summed E-state index contributed by atoms with van der Waals surface area (Å²) in [4.78, 5) is 22.5. The molecule has 0 bridgehead atoms. The molecule has 1 atom stereocenters. The van der Waals surface area contributed by atoms with Gasteiger partial charge in [-0.15, -0.1) is 0 Å². The Bertz CT molecular complexity index is 939. The molecule has 0 saturated carbocycles. The Kier molecular flexibility index (Phi) is 4.23. The van der Waals surface area contributed by atoms with Gasteiger partial charge in [0, 0.05) is 25.5 Å². The predicted molar refractivity (Wildman–Crippen MR) is 96.9 cm³/mol. The molecule has 138 valence electrons. The summed E-state index contributed by atoms with van der Waals surface area (Å²) >= 11 is 0. The number of nitro benzene ring substituents is 1. The van der Waals surface area contributed by atoms with Crippen LogP contribution in [0.5, 0.6) is 11.5 Å². The summed E-state index contributed by atoms with van der Waals surface area (Å²) in [5.41, 5.74) is 2.38. The zero-order chi connectivity index (χ0) is 19.0. The molecule has 0 N–H and O–H groups in total. The van der Waals surface area contributed by atoms with E-state index in [1.165, 1.54) is 24.1 Å². The predicted octanol–water partition coefficient (Wildman–Crippen LogP) is 3.06. The number of amides is 1. The van der Waals surface area contributed by atoms with Crippen molar-refractivity contribution in [2.75, 3.05) is 13.2 Å². The Morgan fingerprint density at radius 3 is 2.52 bits per heavy atom. The summed E-state index contributed by atoms with van der Waals surface area (Å²) in [7, 11) is 0. The largest absolute Gasteiger partial charge is 0.486 e. The number of benzene rings is 2. The molecular formula is C19H17N3O5. The Hall–Kier alpha value is -3.42. The fourth-order valence-corrected chi connectivity index (χ4v) is 3.28. The van der Waals surface area contributed by atoms with Crippen LogP contribution in [0.25, 0.3) is 0 Å². The second-order valence-corrected chi connectivity index (χ2v) is 6.34. The molecule has 1 unspecified atom stereocenters. The lowest BCUT2D eigenvalue weighted by Crippen LogP contribution is -2.24. The zero-order valence-corrected chi connectivity index (χ0v) is 14.6. The van der Waals surface area contributed by atoms with E-state index in [0.717, 1.165) is 11.1 Å². The van der Waals surface area contributed by atoms with Crippen LogP contribution < -0.4 is 9.47 Å². The lowest BCUT2D eigenvalue weighted by atomic mass is 9.98. The number of carbonyl (C=O) groups excluding carboxylic acids is 1. The van der Waals surface area contributed by atoms with Crippen molar-refractivity contribution in [3.63, 3.8) is 0 Å². The minimum atomic E-state index is -0.444. The highest BCUT2D eigenvalue weighted by Gasteiger charge is 2.32. The first kappa shape index (κ1) is 17.0. The minimum Gasteiger partial charge on any atom is -0.486 e. The van der Waals surface area contributed by atoms with Gasteiger partial charge in [-0.3, -0.25) is 14.9 Å². The van der Waals surface area contributed by atoms with Gasteiger partial charge in [-0.2, -0.15) is 5.10 Å². The van der Waals surface area contributed by atoms with Gasteiger partial charge in [0.25, 0.3) is 5.69 Å². The van der Waals surface area contributed by atoms with Gasteiger partial charge < -0.3 is 9.47 Å². The minimum absolute atomic E-state index is 0.0177. The summed E-state index contributed by atoms with van der Waals surface area (Å²) in [5, 5.41) is 16.7. The van der Waals surface area contributed by atoms with E-state index in [2.05, 4.69) is 5.10 Å².